The van der Waals surface area contributed by atoms with Crippen LogP contribution >= 0.6 is 0 Å². The Kier molecular flexibility index (Phi) is 1.59. The highest BCUT2D eigenvalue weighted by atomic mass is 14.7. The average Bonchev–Trinajstić information content (AvgIpc) is 2.86. The van der Waals surface area contributed by atoms with Gasteiger partial charge < -0.3 is 4.98 Å². The molecular formula is C15H10N2. The molecule has 0 amide bonds. The van der Waals surface area contributed by atoms with Gasteiger partial charge in [-0.25, -0.2) is 0 Å². The lowest BCUT2D eigenvalue weighted by Gasteiger charge is -2.04. The van der Waals surface area contributed by atoms with Crippen LogP contribution in [0.5, 0.6) is 0 Å². The van der Waals surface area contributed by atoms with Gasteiger partial charge in [-0.15, -0.1) is 0 Å². The van der Waals surface area contributed by atoms with Gasteiger partial charge in [0.05, 0.1) is 5.52 Å². The Morgan fingerprint density at radius 1 is 0.824 bits per heavy atom. The quantitative estimate of drug-likeness (QED) is 0.446. The summed E-state index contributed by atoms with van der Waals surface area (Å²) in [5.74, 6) is 0. The number of rotatable bonds is 0. The monoisotopic (exact) mass is 218 g/mol. The third kappa shape index (κ3) is 1.12. The predicted octanol–water partition coefficient (Wildman–Crippen LogP) is 3.87. The Balaban J connectivity index is 2.34. The number of nitrogens with zero attached hydrogens (tertiary/aromatic N) is 1. The van der Waals surface area contributed by atoms with E-state index < -0.39 is 0 Å². The summed E-state index contributed by atoms with van der Waals surface area (Å²) in [5.41, 5.74) is 2.23. The lowest BCUT2D eigenvalue weighted by atomic mass is 10.0. The molecule has 0 bridgehead atoms. The Labute approximate surface area is 97.9 Å². The van der Waals surface area contributed by atoms with Crippen LogP contribution in [0.25, 0.3) is 32.6 Å². The van der Waals surface area contributed by atoms with Crippen molar-refractivity contribution in [2.45, 2.75) is 0 Å². The van der Waals surface area contributed by atoms with Gasteiger partial charge in [-0.1, -0.05) is 30.3 Å². The minimum atomic E-state index is 1.07. The van der Waals surface area contributed by atoms with E-state index in [0.717, 1.165) is 11.0 Å². The van der Waals surface area contributed by atoms with Crippen LogP contribution in [0.2, 0.25) is 0 Å². The van der Waals surface area contributed by atoms with Crippen LogP contribution in [0.1, 0.15) is 0 Å². The van der Waals surface area contributed by atoms with E-state index in [2.05, 4.69) is 40.3 Å². The normalized spacial score (nSPS) is 11.5. The van der Waals surface area contributed by atoms with Crippen LogP contribution in [0.3, 0.4) is 0 Å². The highest BCUT2D eigenvalue weighted by molar-refractivity contribution is 6.14. The molecule has 2 aromatic carbocycles. The van der Waals surface area contributed by atoms with Crippen molar-refractivity contribution in [3.8, 4) is 0 Å². The molecule has 0 aliphatic carbocycles. The summed E-state index contributed by atoms with van der Waals surface area (Å²) < 4.78 is 0. The van der Waals surface area contributed by atoms with Crippen LogP contribution in [-0.2, 0) is 0 Å². The molecule has 2 heterocycles. The number of fused-ring (bicyclic) bond motifs is 5. The van der Waals surface area contributed by atoms with E-state index in [9.17, 15) is 0 Å². The van der Waals surface area contributed by atoms with Crippen molar-refractivity contribution in [2.24, 2.45) is 0 Å². The second kappa shape index (κ2) is 3.08. The molecule has 17 heavy (non-hydrogen) atoms. The number of pyridine rings is 1. The topological polar surface area (TPSA) is 28.7 Å². The number of hydrogen-bond acceptors (Lipinski definition) is 1. The molecule has 1 N–H and O–H groups in total. The second-order valence-corrected chi connectivity index (χ2v) is 4.24. The zero-order valence-electron chi connectivity index (χ0n) is 9.14. The number of H-pyrrole nitrogens is 1. The average molecular weight is 218 g/mol. The van der Waals surface area contributed by atoms with E-state index in [4.69, 9.17) is 0 Å². The molecule has 4 aromatic rings. The molecule has 2 nitrogen and oxygen atoms in total. The Hall–Kier alpha value is -2.35. The molecule has 0 spiro atoms. The SMILES string of the molecule is c1ccc2c(c1)[nH]cc1c2ccc2ccnc21. The molecule has 0 saturated carbocycles. The number of para-hydroxylation sites is 1. The molecule has 0 aliphatic rings. The summed E-state index contributed by atoms with van der Waals surface area (Å²) in [4.78, 5) is 7.77. The molecule has 2 aromatic heterocycles. The lowest BCUT2D eigenvalue weighted by Crippen LogP contribution is -1.82. The maximum Gasteiger partial charge on any atom is 0.0795 e. The van der Waals surface area contributed by atoms with E-state index in [1.807, 2.05) is 24.5 Å². The molecular weight excluding hydrogens is 208 g/mol. The number of aromatic amines is 1. The predicted molar refractivity (Wildman–Crippen MR) is 71.1 cm³/mol. The molecule has 0 fully saturated rings. The minimum Gasteiger partial charge on any atom is -0.360 e. The van der Waals surface area contributed by atoms with Crippen molar-refractivity contribution in [1.29, 1.82) is 0 Å². The van der Waals surface area contributed by atoms with Crippen LogP contribution < -0.4 is 0 Å². The molecule has 2 heteroatoms. The van der Waals surface area contributed by atoms with Gasteiger partial charge in [0.25, 0.3) is 0 Å². The van der Waals surface area contributed by atoms with E-state index in [-0.39, 0.29) is 0 Å². The largest absolute Gasteiger partial charge is 0.360 e. The smallest absolute Gasteiger partial charge is 0.0795 e. The molecule has 0 radical (unpaired) electrons. The van der Waals surface area contributed by atoms with Gasteiger partial charge in [-0.2, -0.15) is 0 Å². The first-order valence-electron chi connectivity index (χ1n) is 5.67. The zero-order valence-corrected chi connectivity index (χ0v) is 9.14. The zero-order chi connectivity index (χ0) is 11.2. The standard InChI is InChI=1S/C15H10N2/c1-2-4-14-12(3-1)11-6-5-10-7-8-16-15(10)13(11)9-17-14/h1-9,17H. The van der Waals surface area contributed by atoms with Crippen LogP contribution in [0, 0.1) is 0 Å². The van der Waals surface area contributed by atoms with Gasteiger partial charge >= 0.3 is 0 Å². The minimum absolute atomic E-state index is 1.07. The van der Waals surface area contributed by atoms with Gasteiger partial charge in [0, 0.05) is 34.1 Å². The number of nitrogens with one attached hydrogen (secondary N) is 1. The van der Waals surface area contributed by atoms with Crippen molar-refractivity contribution in [1.82, 2.24) is 9.97 Å². The first kappa shape index (κ1) is 8.76. The van der Waals surface area contributed by atoms with Crippen LogP contribution in [0.15, 0.2) is 54.9 Å². The third-order valence-electron chi connectivity index (χ3n) is 3.30. The molecule has 80 valence electrons. The highest BCUT2D eigenvalue weighted by Crippen LogP contribution is 2.28. The fourth-order valence-corrected chi connectivity index (χ4v) is 2.47. The molecule has 0 aliphatic heterocycles. The van der Waals surface area contributed by atoms with Crippen molar-refractivity contribution < 1.29 is 0 Å². The third-order valence-corrected chi connectivity index (χ3v) is 3.30. The summed E-state index contributed by atoms with van der Waals surface area (Å²) in [5, 5.41) is 4.88. The molecule has 4 rings (SSSR count). The molecule has 0 saturated heterocycles. The Bertz CT molecular complexity index is 843. The maximum absolute atomic E-state index is 4.43. The van der Waals surface area contributed by atoms with Gasteiger partial charge in [0.15, 0.2) is 0 Å². The first-order chi connectivity index (χ1) is 8.43. The van der Waals surface area contributed by atoms with E-state index in [1.165, 1.54) is 21.5 Å². The number of aromatic nitrogens is 2. The molecule has 0 unspecified atom stereocenters. The van der Waals surface area contributed by atoms with Crippen molar-refractivity contribution in [3.05, 3.63) is 54.9 Å². The summed E-state index contributed by atoms with van der Waals surface area (Å²) in [6, 6.07) is 14.7. The fraction of sp³-hybridized carbons (Fsp3) is 0. The fourth-order valence-electron chi connectivity index (χ4n) is 2.47. The van der Waals surface area contributed by atoms with E-state index in [1.54, 1.807) is 0 Å². The second-order valence-electron chi connectivity index (χ2n) is 4.24. The summed E-state index contributed by atoms with van der Waals surface area (Å²) in [7, 11) is 0. The Morgan fingerprint density at radius 2 is 1.76 bits per heavy atom. The molecule has 0 atom stereocenters. The number of benzene rings is 2. The van der Waals surface area contributed by atoms with Gasteiger partial charge in [-0.3, -0.25) is 4.98 Å². The van der Waals surface area contributed by atoms with E-state index >= 15 is 0 Å². The first-order valence-corrected chi connectivity index (χ1v) is 5.67. The Morgan fingerprint density at radius 3 is 2.76 bits per heavy atom. The highest BCUT2D eigenvalue weighted by Gasteiger charge is 2.05. The van der Waals surface area contributed by atoms with Gasteiger partial charge in [0.2, 0.25) is 0 Å². The van der Waals surface area contributed by atoms with Gasteiger partial charge in [-0.05, 0) is 17.5 Å². The summed E-state index contributed by atoms with van der Waals surface area (Å²) >= 11 is 0. The maximum atomic E-state index is 4.43. The van der Waals surface area contributed by atoms with E-state index in [0.29, 0.717) is 0 Å². The lowest BCUT2D eigenvalue weighted by molar-refractivity contribution is 1.44. The van der Waals surface area contributed by atoms with Crippen LogP contribution in [-0.4, -0.2) is 9.97 Å². The van der Waals surface area contributed by atoms with Crippen molar-refractivity contribution >= 4 is 32.6 Å². The summed E-state index contributed by atoms with van der Waals surface area (Å²) in [6.45, 7) is 0. The van der Waals surface area contributed by atoms with Crippen LogP contribution in [0.4, 0.5) is 0 Å². The van der Waals surface area contributed by atoms with Crippen molar-refractivity contribution in [2.75, 3.05) is 0 Å². The van der Waals surface area contributed by atoms with Gasteiger partial charge in [0.1, 0.15) is 0 Å². The summed E-state index contributed by atoms with van der Waals surface area (Å²) in [6.07, 6.45) is 3.91. The number of hydrogen-bond donors (Lipinski definition) is 1. The van der Waals surface area contributed by atoms with Crippen molar-refractivity contribution in [3.63, 3.8) is 0 Å².